The highest BCUT2D eigenvalue weighted by Gasteiger charge is 2.06. The van der Waals surface area contributed by atoms with Gasteiger partial charge < -0.3 is 5.32 Å². The first-order valence-electron chi connectivity index (χ1n) is 6.77. The maximum Gasteiger partial charge on any atom is 0.251 e. The summed E-state index contributed by atoms with van der Waals surface area (Å²) in [5, 5.41) is 2.90. The van der Waals surface area contributed by atoms with Crippen LogP contribution in [0.5, 0.6) is 0 Å². The first-order valence-corrected chi connectivity index (χ1v) is 8.50. The molecule has 21 heavy (non-hydrogen) atoms. The number of rotatable bonds is 5. The highest BCUT2D eigenvalue weighted by Crippen LogP contribution is 2.08. The van der Waals surface area contributed by atoms with Gasteiger partial charge in [-0.3, -0.25) is 9.00 Å². The highest BCUT2D eigenvalue weighted by atomic mass is 32.2. The highest BCUT2D eigenvalue weighted by molar-refractivity contribution is 7.83. The van der Waals surface area contributed by atoms with Crippen LogP contribution >= 0.6 is 0 Å². The summed E-state index contributed by atoms with van der Waals surface area (Å²) in [6, 6.07) is 15.3. The van der Waals surface area contributed by atoms with Crippen LogP contribution in [0.1, 0.15) is 27.0 Å². The molecule has 0 fully saturated rings. The summed E-state index contributed by atoms with van der Waals surface area (Å²) in [6.07, 6.45) is 1.66. The van der Waals surface area contributed by atoms with Gasteiger partial charge in [0.2, 0.25) is 0 Å². The van der Waals surface area contributed by atoms with E-state index in [1.807, 2.05) is 43.3 Å². The SMILES string of the molecule is Cc1ccc(CNC(=O)c2cccc(CS(C)=O)c2)cc1. The molecule has 0 aromatic heterocycles. The van der Waals surface area contributed by atoms with Crippen LogP contribution in [0.2, 0.25) is 0 Å². The maximum atomic E-state index is 12.1. The first kappa shape index (κ1) is 15.4. The molecule has 1 amide bonds. The smallest absolute Gasteiger partial charge is 0.251 e. The van der Waals surface area contributed by atoms with Crippen LogP contribution in [0.4, 0.5) is 0 Å². The van der Waals surface area contributed by atoms with Crippen molar-refractivity contribution in [2.45, 2.75) is 19.2 Å². The molecular formula is C17H19NO2S. The molecule has 0 radical (unpaired) electrons. The van der Waals surface area contributed by atoms with Crippen LogP contribution in [0.15, 0.2) is 48.5 Å². The molecule has 0 spiro atoms. The number of nitrogens with one attached hydrogen (secondary N) is 1. The van der Waals surface area contributed by atoms with Crippen LogP contribution in [0, 0.1) is 6.92 Å². The summed E-state index contributed by atoms with van der Waals surface area (Å²) in [5.41, 5.74) is 3.79. The molecule has 0 saturated heterocycles. The topological polar surface area (TPSA) is 46.2 Å². The predicted molar refractivity (Wildman–Crippen MR) is 86.6 cm³/mol. The molecule has 2 aromatic carbocycles. The van der Waals surface area contributed by atoms with Crippen molar-refractivity contribution in [2.75, 3.05) is 6.26 Å². The van der Waals surface area contributed by atoms with E-state index >= 15 is 0 Å². The zero-order chi connectivity index (χ0) is 15.2. The predicted octanol–water partition coefficient (Wildman–Crippen LogP) is 2.80. The lowest BCUT2D eigenvalue weighted by Gasteiger charge is -2.07. The summed E-state index contributed by atoms with van der Waals surface area (Å²) >= 11 is 0. The Labute approximate surface area is 127 Å². The second-order valence-corrected chi connectivity index (χ2v) is 6.52. The van der Waals surface area contributed by atoms with Gasteiger partial charge in [-0.25, -0.2) is 0 Å². The van der Waals surface area contributed by atoms with Gasteiger partial charge >= 0.3 is 0 Å². The second kappa shape index (κ2) is 7.18. The molecule has 0 bridgehead atoms. The normalized spacial score (nSPS) is 11.9. The summed E-state index contributed by atoms with van der Waals surface area (Å²) in [5.74, 6) is 0.360. The number of aryl methyl sites for hydroxylation is 1. The van der Waals surface area contributed by atoms with Gasteiger partial charge in [0.25, 0.3) is 5.91 Å². The molecule has 3 nitrogen and oxygen atoms in total. The molecule has 0 heterocycles. The van der Waals surface area contributed by atoms with E-state index in [2.05, 4.69) is 5.32 Å². The molecule has 1 unspecified atom stereocenters. The Balaban J connectivity index is 1.99. The molecule has 2 aromatic rings. The molecule has 1 N–H and O–H groups in total. The lowest BCUT2D eigenvalue weighted by molar-refractivity contribution is 0.0951. The number of carbonyl (C=O) groups excluding carboxylic acids is 1. The summed E-state index contributed by atoms with van der Waals surface area (Å²) in [7, 11) is -0.905. The minimum Gasteiger partial charge on any atom is -0.348 e. The third-order valence-corrected chi connectivity index (χ3v) is 3.87. The van der Waals surface area contributed by atoms with Gasteiger partial charge in [-0.2, -0.15) is 0 Å². The maximum absolute atomic E-state index is 12.1. The number of hydrogen-bond acceptors (Lipinski definition) is 2. The van der Waals surface area contributed by atoms with Crippen molar-refractivity contribution in [1.29, 1.82) is 0 Å². The number of amides is 1. The third kappa shape index (κ3) is 4.83. The minimum atomic E-state index is -0.905. The zero-order valence-electron chi connectivity index (χ0n) is 12.3. The molecule has 1 atom stereocenters. The van der Waals surface area contributed by atoms with Crippen molar-refractivity contribution < 1.29 is 9.00 Å². The molecular weight excluding hydrogens is 282 g/mol. The monoisotopic (exact) mass is 301 g/mol. The van der Waals surface area contributed by atoms with Crippen LogP contribution in [-0.4, -0.2) is 16.4 Å². The number of benzene rings is 2. The summed E-state index contributed by atoms with van der Waals surface area (Å²) < 4.78 is 11.2. The summed E-state index contributed by atoms with van der Waals surface area (Å²) in [6.45, 7) is 2.54. The quantitative estimate of drug-likeness (QED) is 0.923. The van der Waals surface area contributed by atoms with Gasteiger partial charge in [-0.05, 0) is 30.2 Å². The Hall–Kier alpha value is -1.94. The van der Waals surface area contributed by atoms with Gasteiger partial charge in [0.05, 0.1) is 0 Å². The average molecular weight is 301 g/mol. The van der Waals surface area contributed by atoms with E-state index in [0.717, 1.165) is 11.1 Å². The van der Waals surface area contributed by atoms with E-state index in [4.69, 9.17) is 0 Å². The van der Waals surface area contributed by atoms with E-state index in [-0.39, 0.29) is 5.91 Å². The van der Waals surface area contributed by atoms with Gasteiger partial charge in [0.1, 0.15) is 0 Å². The number of carbonyl (C=O) groups is 1. The van der Waals surface area contributed by atoms with Crippen molar-refractivity contribution >= 4 is 16.7 Å². The van der Waals surface area contributed by atoms with E-state index in [1.54, 1.807) is 18.4 Å². The van der Waals surface area contributed by atoms with E-state index in [9.17, 15) is 9.00 Å². The molecule has 0 aliphatic carbocycles. The fourth-order valence-corrected chi connectivity index (χ4v) is 2.68. The van der Waals surface area contributed by atoms with Crippen LogP contribution in [0.3, 0.4) is 0 Å². The van der Waals surface area contributed by atoms with Crippen LogP contribution < -0.4 is 5.32 Å². The van der Waals surface area contributed by atoms with E-state index in [1.165, 1.54) is 5.56 Å². The van der Waals surface area contributed by atoms with Crippen molar-refractivity contribution in [2.24, 2.45) is 0 Å². The fraction of sp³-hybridized carbons (Fsp3) is 0.235. The molecule has 0 saturated carbocycles. The Morgan fingerprint density at radius 2 is 1.81 bits per heavy atom. The second-order valence-electron chi connectivity index (χ2n) is 5.09. The minimum absolute atomic E-state index is 0.112. The summed E-state index contributed by atoms with van der Waals surface area (Å²) in [4.78, 5) is 12.1. The van der Waals surface area contributed by atoms with Gasteiger partial charge in [0.15, 0.2) is 0 Å². The molecule has 0 aliphatic heterocycles. The lowest BCUT2D eigenvalue weighted by atomic mass is 10.1. The standard InChI is InChI=1S/C17H19NO2S/c1-13-6-8-14(9-7-13)11-18-17(19)16-5-3-4-15(10-16)12-21(2)20/h3-10H,11-12H2,1-2H3,(H,18,19). The number of hydrogen-bond donors (Lipinski definition) is 1. The van der Waals surface area contributed by atoms with Crippen molar-refractivity contribution in [3.05, 3.63) is 70.8 Å². The first-order chi connectivity index (χ1) is 10.0. The van der Waals surface area contributed by atoms with Crippen LogP contribution in [0.25, 0.3) is 0 Å². The van der Waals surface area contributed by atoms with Gasteiger partial charge in [-0.15, -0.1) is 0 Å². The van der Waals surface area contributed by atoms with Crippen molar-refractivity contribution in [3.63, 3.8) is 0 Å². The molecule has 4 heteroatoms. The van der Waals surface area contributed by atoms with E-state index in [0.29, 0.717) is 17.9 Å². The Kier molecular flexibility index (Phi) is 5.28. The Morgan fingerprint density at radius 3 is 2.48 bits per heavy atom. The fourth-order valence-electron chi connectivity index (χ4n) is 2.03. The van der Waals surface area contributed by atoms with Crippen molar-refractivity contribution in [1.82, 2.24) is 5.32 Å². The largest absolute Gasteiger partial charge is 0.348 e. The molecule has 110 valence electrons. The van der Waals surface area contributed by atoms with E-state index < -0.39 is 10.8 Å². The van der Waals surface area contributed by atoms with Crippen molar-refractivity contribution in [3.8, 4) is 0 Å². The van der Waals surface area contributed by atoms with Gasteiger partial charge in [-0.1, -0.05) is 42.0 Å². The molecule has 0 aliphatic rings. The Bertz CT molecular complexity index is 650. The third-order valence-electron chi connectivity index (χ3n) is 3.13. The molecule has 2 rings (SSSR count). The lowest BCUT2D eigenvalue weighted by Crippen LogP contribution is -2.22. The Morgan fingerprint density at radius 1 is 1.10 bits per heavy atom. The van der Waals surface area contributed by atoms with Gasteiger partial charge in [0, 0.05) is 34.9 Å². The zero-order valence-corrected chi connectivity index (χ0v) is 13.1. The van der Waals surface area contributed by atoms with Crippen LogP contribution in [-0.2, 0) is 23.1 Å². The average Bonchev–Trinajstić information content (AvgIpc) is 2.46.